The Labute approximate surface area is 106 Å². The minimum absolute atomic E-state index is 0.466. The van der Waals surface area contributed by atoms with Crippen LogP contribution in [0.5, 0.6) is 0 Å². The summed E-state index contributed by atoms with van der Waals surface area (Å²) in [7, 11) is 3.26. The van der Waals surface area contributed by atoms with Crippen molar-refractivity contribution in [2.24, 2.45) is 0 Å². The third-order valence-electron chi connectivity index (χ3n) is 1.47. The van der Waals surface area contributed by atoms with Gasteiger partial charge in [-0.05, 0) is 24.4 Å². The van der Waals surface area contributed by atoms with Crippen LogP contribution in [0, 0.1) is 0 Å². The highest BCUT2D eigenvalue weighted by Crippen LogP contribution is 1.69. The first-order chi connectivity index (χ1) is 7.70. The lowest BCUT2D eigenvalue weighted by Crippen LogP contribution is -2.51. The second-order valence-electron chi connectivity index (χ2n) is 2.75. The van der Waals surface area contributed by atoms with Crippen LogP contribution >= 0.6 is 24.4 Å². The van der Waals surface area contributed by atoms with Crippen molar-refractivity contribution >= 4 is 34.7 Å². The largest absolute Gasteiger partial charge is 0.383 e. The second-order valence-corrected chi connectivity index (χ2v) is 3.56. The van der Waals surface area contributed by atoms with Gasteiger partial charge in [-0.1, -0.05) is 0 Å². The topological polar surface area (TPSA) is 66.6 Å². The summed E-state index contributed by atoms with van der Waals surface area (Å²) in [6, 6.07) is 0. The van der Waals surface area contributed by atoms with E-state index < -0.39 is 0 Å². The SMILES string of the molecule is COCCNC(=S)NNC(=S)NCCOC. The molecular weight excluding hydrogens is 248 g/mol. The molecule has 0 aromatic heterocycles. The molecule has 6 nitrogen and oxygen atoms in total. The first-order valence-corrected chi connectivity index (χ1v) is 5.58. The molecule has 0 aliphatic carbocycles. The molecule has 0 rings (SSSR count). The number of hydrazine groups is 1. The van der Waals surface area contributed by atoms with Crippen LogP contribution < -0.4 is 21.5 Å². The summed E-state index contributed by atoms with van der Waals surface area (Å²) >= 11 is 9.94. The van der Waals surface area contributed by atoms with Crippen LogP contribution in [0.15, 0.2) is 0 Å². The Bertz CT molecular complexity index is 194. The van der Waals surface area contributed by atoms with E-state index in [0.717, 1.165) is 0 Å². The van der Waals surface area contributed by atoms with Crippen molar-refractivity contribution in [1.29, 1.82) is 0 Å². The monoisotopic (exact) mass is 266 g/mol. The van der Waals surface area contributed by atoms with Crippen molar-refractivity contribution in [3.63, 3.8) is 0 Å². The molecule has 0 aromatic carbocycles. The quantitative estimate of drug-likeness (QED) is 0.281. The first kappa shape index (κ1) is 15.3. The third kappa shape index (κ3) is 9.84. The Balaban J connectivity index is 3.40. The molecular formula is C8H18N4O2S2. The summed E-state index contributed by atoms with van der Waals surface area (Å²) < 4.78 is 9.72. The predicted molar refractivity (Wildman–Crippen MR) is 71.2 cm³/mol. The number of hydrogen-bond acceptors (Lipinski definition) is 4. The minimum atomic E-state index is 0.466. The average molecular weight is 266 g/mol. The van der Waals surface area contributed by atoms with Crippen molar-refractivity contribution in [2.45, 2.75) is 0 Å². The smallest absolute Gasteiger partial charge is 0.185 e. The molecule has 0 aromatic rings. The van der Waals surface area contributed by atoms with Crippen molar-refractivity contribution in [2.75, 3.05) is 40.5 Å². The van der Waals surface area contributed by atoms with Gasteiger partial charge in [0.1, 0.15) is 0 Å². The van der Waals surface area contributed by atoms with Crippen LogP contribution in [0.25, 0.3) is 0 Å². The molecule has 16 heavy (non-hydrogen) atoms. The van der Waals surface area contributed by atoms with Gasteiger partial charge in [0.2, 0.25) is 0 Å². The first-order valence-electron chi connectivity index (χ1n) is 4.76. The zero-order valence-corrected chi connectivity index (χ0v) is 11.1. The molecule has 0 fully saturated rings. The van der Waals surface area contributed by atoms with Gasteiger partial charge in [0.05, 0.1) is 13.2 Å². The molecule has 0 aliphatic heterocycles. The fraction of sp³-hybridized carbons (Fsp3) is 0.750. The van der Waals surface area contributed by atoms with Gasteiger partial charge >= 0.3 is 0 Å². The van der Waals surface area contributed by atoms with Gasteiger partial charge in [0.15, 0.2) is 10.2 Å². The van der Waals surface area contributed by atoms with Crippen LogP contribution in [0.3, 0.4) is 0 Å². The molecule has 4 N–H and O–H groups in total. The number of ether oxygens (including phenoxy) is 2. The molecule has 0 atom stereocenters. The Morgan fingerprint density at radius 3 is 1.56 bits per heavy atom. The van der Waals surface area contributed by atoms with Crippen LogP contribution in [-0.4, -0.2) is 50.7 Å². The van der Waals surface area contributed by atoms with Gasteiger partial charge in [-0.3, -0.25) is 10.9 Å². The third-order valence-corrected chi connectivity index (χ3v) is 1.97. The standard InChI is InChI=1S/C8H18N4O2S2/c1-13-5-3-9-7(15)11-12-8(16)10-4-6-14-2/h3-6H2,1-2H3,(H2,9,11,15)(H2,10,12,16). The fourth-order valence-corrected chi connectivity index (χ4v) is 1.04. The Hall–Kier alpha value is -0.700. The summed E-state index contributed by atoms with van der Waals surface area (Å²) in [4.78, 5) is 0. The lowest BCUT2D eigenvalue weighted by molar-refractivity contribution is 0.203. The van der Waals surface area contributed by atoms with Crippen molar-refractivity contribution in [3.8, 4) is 0 Å². The maximum atomic E-state index is 4.97. The Morgan fingerprint density at radius 1 is 0.875 bits per heavy atom. The number of hydrogen-bond donors (Lipinski definition) is 4. The van der Waals surface area contributed by atoms with Crippen LogP contribution in [-0.2, 0) is 9.47 Å². The lowest BCUT2D eigenvalue weighted by Gasteiger charge is -2.13. The van der Waals surface area contributed by atoms with E-state index >= 15 is 0 Å². The van der Waals surface area contributed by atoms with E-state index in [2.05, 4.69) is 21.5 Å². The van der Waals surface area contributed by atoms with Crippen molar-refractivity contribution in [1.82, 2.24) is 21.5 Å². The van der Waals surface area contributed by atoms with E-state index in [1.165, 1.54) is 0 Å². The van der Waals surface area contributed by atoms with Gasteiger partial charge in [-0.15, -0.1) is 0 Å². The minimum Gasteiger partial charge on any atom is -0.383 e. The highest BCUT2D eigenvalue weighted by atomic mass is 32.1. The number of nitrogens with one attached hydrogen (secondary N) is 4. The summed E-state index contributed by atoms with van der Waals surface area (Å²) in [5, 5.41) is 6.79. The average Bonchev–Trinajstić information content (AvgIpc) is 2.27. The molecule has 0 bridgehead atoms. The highest BCUT2D eigenvalue weighted by molar-refractivity contribution is 7.80. The van der Waals surface area contributed by atoms with E-state index in [1.807, 2.05) is 0 Å². The summed E-state index contributed by atoms with van der Waals surface area (Å²) in [6.07, 6.45) is 0. The number of methoxy groups -OCH3 is 2. The van der Waals surface area contributed by atoms with Gasteiger partial charge in [-0.2, -0.15) is 0 Å². The molecule has 8 heteroatoms. The summed E-state index contributed by atoms with van der Waals surface area (Å²) in [5.41, 5.74) is 5.48. The van der Waals surface area contributed by atoms with Gasteiger partial charge in [-0.25, -0.2) is 0 Å². The molecule has 0 radical (unpaired) electrons. The molecule has 0 heterocycles. The molecule has 0 saturated heterocycles. The lowest BCUT2D eigenvalue weighted by atomic mass is 10.7. The van der Waals surface area contributed by atoms with Crippen LogP contribution in [0.1, 0.15) is 0 Å². The molecule has 0 amide bonds. The van der Waals surface area contributed by atoms with E-state index in [9.17, 15) is 0 Å². The molecule has 0 aliphatic rings. The molecule has 94 valence electrons. The molecule has 0 spiro atoms. The van der Waals surface area contributed by atoms with E-state index in [1.54, 1.807) is 14.2 Å². The summed E-state index contributed by atoms with van der Waals surface area (Å²) in [6.45, 7) is 2.48. The normalized spacial score (nSPS) is 9.38. The van der Waals surface area contributed by atoms with E-state index in [-0.39, 0.29) is 0 Å². The molecule has 0 saturated carbocycles. The molecule has 0 unspecified atom stereocenters. The zero-order chi connectivity index (χ0) is 12.2. The van der Waals surface area contributed by atoms with Crippen LogP contribution in [0.2, 0.25) is 0 Å². The number of rotatable bonds is 6. The van der Waals surface area contributed by atoms with Crippen molar-refractivity contribution < 1.29 is 9.47 Å². The predicted octanol–water partition coefficient (Wildman–Crippen LogP) is -0.878. The maximum absolute atomic E-state index is 4.97. The maximum Gasteiger partial charge on any atom is 0.185 e. The van der Waals surface area contributed by atoms with Crippen molar-refractivity contribution in [3.05, 3.63) is 0 Å². The highest BCUT2D eigenvalue weighted by Gasteiger charge is 1.96. The Kier molecular flexibility index (Phi) is 10.3. The van der Waals surface area contributed by atoms with Gasteiger partial charge in [0, 0.05) is 27.3 Å². The van der Waals surface area contributed by atoms with E-state index in [4.69, 9.17) is 33.9 Å². The van der Waals surface area contributed by atoms with Gasteiger partial charge < -0.3 is 20.1 Å². The number of thiocarbonyl (C=S) groups is 2. The Morgan fingerprint density at radius 2 is 1.25 bits per heavy atom. The van der Waals surface area contributed by atoms with Gasteiger partial charge in [0.25, 0.3) is 0 Å². The van der Waals surface area contributed by atoms with Crippen LogP contribution in [0.4, 0.5) is 0 Å². The fourth-order valence-electron chi connectivity index (χ4n) is 0.735. The van der Waals surface area contributed by atoms with E-state index in [0.29, 0.717) is 36.5 Å². The second kappa shape index (κ2) is 10.8. The summed E-state index contributed by atoms with van der Waals surface area (Å²) in [5.74, 6) is 0. The zero-order valence-electron chi connectivity index (χ0n) is 9.46.